The van der Waals surface area contributed by atoms with E-state index in [9.17, 15) is 22.0 Å². The van der Waals surface area contributed by atoms with Crippen LogP contribution >= 0.6 is 34.8 Å². The van der Waals surface area contributed by atoms with Crippen molar-refractivity contribution in [3.8, 4) is 17.4 Å². The Morgan fingerprint density at radius 2 is 1.71 bits per heavy atom. The lowest BCUT2D eigenvalue weighted by Crippen LogP contribution is -2.47. The summed E-state index contributed by atoms with van der Waals surface area (Å²) in [7, 11) is -4.53. The Labute approximate surface area is 376 Å². The molecule has 1 amide bonds. The van der Waals surface area contributed by atoms with Gasteiger partial charge in [0.2, 0.25) is 5.88 Å². The zero-order valence-electron chi connectivity index (χ0n) is 34.5. The van der Waals surface area contributed by atoms with E-state index in [1.165, 1.54) is 35.0 Å². The molecule has 4 aromatic rings. The molecule has 3 aliphatic rings. The van der Waals surface area contributed by atoms with Crippen molar-refractivity contribution in [2.24, 2.45) is 16.7 Å². The van der Waals surface area contributed by atoms with Gasteiger partial charge in [0.1, 0.15) is 27.2 Å². The highest BCUT2D eigenvalue weighted by Gasteiger charge is 2.43. The molecule has 2 aromatic heterocycles. The first-order valence-electron chi connectivity index (χ1n) is 20.4. The normalized spacial score (nSPS) is 19.5. The molecule has 2 aromatic carbocycles. The molecule has 1 atom stereocenters. The molecule has 2 aliphatic heterocycles. The van der Waals surface area contributed by atoms with Crippen LogP contribution in [-0.2, 0) is 10.0 Å². The number of nitrogens with one attached hydrogen (secondary N) is 2. The number of nitrogen functional groups attached to an aromatic ring is 1. The lowest BCUT2D eigenvalue weighted by molar-refractivity contribution is 0.0585. The molecule has 2 saturated heterocycles. The summed E-state index contributed by atoms with van der Waals surface area (Å²) in [6.07, 6.45) is 5.98. The maximum Gasteiger partial charge on any atom is 0.268 e. The molecule has 18 heteroatoms. The highest BCUT2D eigenvalue weighted by atomic mass is 35.5. The summed E-state index contributed by atoms with van der Waals surface area (Å²) in [6.45, 7) is 7.60. The van der Waals surface area contributed by atoms with E-state index < -0.39 is 45.5 Å². The van der Waals surface area contributed by atoms with E-state index in [0.717, 1.165) is 61.9 Å². The number of ether oxygens (including phenoxy) is 2. The van der Waals surface area contributed by atoms with E-state index >= 15 is 0 Å². The molecule has 0 saturated carbocycles. The minimum absolute atomic E-state index is 0.0537. The Balaban J connectivity index is 1.07. The van der Waals surface area contributed by atoms with Crippen molar-refractivity contribution in [1.82, 2.24) is 24.9 Å². The molecule has 4 heterocycles. The predicted molar refractivity (Wildman–Crippen MR) is 240 cm³/mol. The number of anilines is 2. The lowest BCUT2D eigenvalue weighted by Gasteiger charge is -2.39. The van der Waals surface area contributed by atoms with Gasteiger partial charge in [-0.15, -0.1) is 0 Å². The van der Waals surface area contributed by atoms with Crippen LogP contribution in [-0.4, -0.2) is 95.0 Å². The molecule has 62 heavy (non-hydrogen) atoms. The number of nitrogens with two attached hydrogens (primary N) is 1. The summed E-state index contributed by atoms with van der Waals surface area (Å²) in [5, 5.41) is 3.81. The van der Waals surface area contributed by atoms with Crippen LogP contribution in [0.3, 0.4) is 0 Å². The molecule has 0 spiro atoms. The second-order valence-electron chi connectivity index (χ2n) is 17.0. The lowest BCUT2D eigenvalue weighted by atomic mass is 9.72. The number of rotatable bonds is 15. The van der Waals surface area contributed by atoms with Gasteiger partial charge in [-0.05, 0) is 79.1 Å². The molecular weight excluding hydrogens is 883 g/mol. The predicted octanol–water partition coefficient (Wildman–Crippen LogP) is 8.63. The SMILES string of the molecule is CC1(C)CCC(CN2CCN(c3ccc(C(=O)NS(=O)(=O)c4cnc(OC[C@@]5(C(CF)CF)CCNC5)c(Cl)c4)c(Oc4cnc(N)c(Cl)c4)c3)CC2)=C(c2ccc(Cl)cc2)C1. The molecule has 0 bridgehead atoms. The molecule has 1 aliphatic carbocycles. The fourth-order valence-corrected chi connectivity index (χ4v) is 9.83. The molecule has 0 radical (unpaired) electrons. The van der Waals surface area contributed by atoms with E-state index in [4.69, 9.17) is 50.0 Å². The summed E-state index contributed by atoms with van der Waals surface area (Å²) in [6, 6.07) is 15.6. The van der Waals surface area contributed by atoms with Gasteiger partial charge in [0.15, 0.2) is 0 Å². The van der Waals surface area contributed by atoms with Gasteiger partial charge in [-0.1, -0.05) is 66.4 Å². The van der Waals surface area contributed by atoms with Crippen LogP contribution in [0.2, 0.25) is 15.1 Å². The maximum absolute atomic E-state index is 13.8. The molecular formula is C44H50Cl3F2N7O5S. The minimum atomic E-state index is -4.53. The number of sulfonamides is 1. The molecule has 12 nitrogen and oxygen atoms in total. The highest BCUT2D eigenvalue weighted by molar-refractivity contribution is 7.90. The first kappa shape index (κ1) is 45.8. The number of alkyl halides is 2. The summed E-state index contributed by atoms with van der Waals surface area (Å²) in [5.74, 6) is -1.66. The third kappa shape index (κ3) is 10.6. The highest BCUT2D eigenvalue weighted by Crippen LogP contribution is 2.44. The number of nitrogens with zero attached hydrogens (tertiary/aromatic N) is 4. The number of aromatic nitrogens is 2. The first-order valence-corrected chi connectivity index (χ1v) is 23.1. The number of carbonyl (C=O) groups is 1. The minimum Gasteiger partial charge on any atom is -0.476 e. The number of allylic oxidation sites excluding steroid dienone is 1. The monoisotopic (exact) mass is 931 g/mol. The standard InChI is InChI=1S/C44H50Cl3F2N7O5S/c1-43(2)10-9-29(36(20-43)28-3-5-31(45)6-4-28)25-55-13-15-56(16-14-55)32-7-8-35(39(17-32)61-33-18-37(46)40(50)52-23-33)41(57)54-62(58,59)34-19-38(47)42(53-24-34)60-27-44(11-12-51-26-44)30(21-48)22-49/h3-8,17-19,23-24,30,51H,9-16,20-22,25-27H2,1-2H3,(H2,50,52)(H,54,57)/t44-/m1/s1. The molecule has 0 unspecified atom stereocenters. The van der Waals surface area contributed by atoms with E-state index in [-0.39, 0.29) is 50.8 Å². The number of amides is 1. The van der Waals surface area contributed by atoms with Crippen molar-refractivity contribution < 1.29 is 31.5 Å². The third-order valence-corrected chi connectivity index (χ3v) is 14.3. The Kier molecular flexibility index (Phi) is 14.2. The Hall–Kier alpha value is -4.25. The number of hydrogen-bond acceptors (Lipinski definition) is 11. The fraction of sp³-hybridized carbons (Fsp3) is 0.432. The van der Waals surface area contributed by atoms with Crippen LogP contribution in [0.1, 0.15) is 55.5 Å². The summed E-state index contributed by atoms with van der Waals surface area (Å²) in [4.78, 5) is 26.2. The van der Waals surface area contributed by atoms with Crippen LogP contribution in [0.5, 0.6) is 17.4 Å². The smallest absolute Gasteiger partial charge is 0.268 e. The van der Waals surface area contributed by atoms with Crippen molar-refractivity contribution in [3.05, 3.63) is 98.8 Å². The Morgan fingerprint density at radius 1 is 0.968 bits per heavy atom. The number of pyridine rings is 2. The molecule has 4 N–H and O–H groups in total. The zero-order valence-corrected chi connectivity index (χ0v) is 37.6. The molecule has 332 valence electrons. The van der Waals surface area contributed by atoms with Crippen LogP contribution in [0, 0.1) is 16.7 Å². The van der Waals surface area contributed by atoms with E-state index in [2.05, 4.69) is 55.8 Å². The topological polar surface area (TPSA) is 152 Å². The molecule has 7 rings (SSSR count). The number of benzene rings is 2. The zero-order chi connectivity index (χ0) is 44.2. The van der Waals surface area contributed by atoms with E-state index in [1.807, 2.05) is 12.1 Å². The number of carbonyl (C=O) groups excluding carboxylic acids is 1. The van der Waals surface area contributed by atoms with Gasteiger partial charge in [0.05, 0.1) is 42.9 Å². The largest absolute Gasteiger partial charge is 0.476 e. The van der Waals surface area contributed by atoms with Gasteiger partial charge >= 0.3 is 0 Å². The number of hydrogen-bond donors (Lipinski definition) is 3. The van der Waals surface area contributed by atoms with Crippen LogP contribution in [0.4, 0.5) is 20.3 Å². The Bertz CT molecular complexity index is 2410. The van der Waals surface area contributed by atoms with Crippen molar-refractivity contribution in [2.75, 3.05) is 76.4 Å². The molecule has 2 fully saturated rings. The van der Waals surface area contributed by atoms with Crippen molar-refractivity contribution in [2.45, 2.75) is 44.4 Å². The van der Waals surface area contributed by atoms with Crippen molar-refractivity contribution >= 4 is 67.8 Å². The van der Waals surface area contributed by atoms with Crippen LogP contribution < -0.4 is 30.1 Å². The maximum atomic E-state index is 13.8. The average Bonchev–Trinajstić information content (AvgIpc) is 3.73. The average molecular weight is 933 g/mol. The second kappa shape index (κ2) is 19.2. The first-order chi connectivity index (χ1) is 29.6. The van der Waals surface area contributed by atoms with Crippen molar-refractivity contribution in [3.63, 3.8) is 0 Å². The summed E-state index contributed by atoms with van der Waals surface area (Å²) < 4.78 is 68.6. The van der Waals surface area contributed by atoms with Crippen LogP contribution in [0.25, 0.3) is 5.57 Å². The summed E-state index contributed by atoms with van der Waals surface area (Å²) in [5.41, 5.74) is 9.95. The van der Waals surface area contributed by atoms with Gasteiger partial charge < -0.3 is 25.4 Å². The van der Waals surface area contributed by atoms with Crippen LogP contribution in [0.15, 0.2) is 77.5 Å². The number of piperazine rings is 1. The quantitative estimate of drug-likeness (QED) is 0.105. The summed E-state index contributed by atoms with van der Waals surface area (Å²) >= 11 is 18.9. The third-order valence-electron chi connectivity index (χ3n) is 12.1. The van der Waals surface area contributed by atoms with Gasteiger partial charge in [-0.2, -0.15) is 0 Å². The second-order valence-corrected chi connectivity index (χ2v) is 19.9. The van der Waals surface area contributed by atoms with Gasteiger partial charge in [-0.25, -0.2) is 23.1 Å². The number of halogens is 5. The van der Waals surface area contributed by atoms with Gasteiger partial charge in [0, 0.05) is 73.4 Å². The van der Waals surface area contributed by atoms with E-state index in [1.54, 1.807) is 12.1 Å². The van der Waals surface area contributed by atoms with Crippen molar-refractivity contribution in [1.29, 1.82) is 0 Å². The Morgan fingerprint density at radius 3 is 2.37 bits per heavy atom. The van der Waals surface area contributed by atoms with Gasteiger partial charge in [-0.3, -0.25) is 18.5 Å². The fourth-order valence-electron chi connectivity index (χ4n) is 8.32. The van der Waals surface area contributed by atoms with E-state index in [0.29, 0.717) is 32.6 Å². The van der Waals surface area contributed by atoms with Gasteiger partial charge in [0.25, 0.3) is 15.9 Å².